The molecule has 0 radical (unpaired) electrons. The highest BCUT2D eigenvalue weighted by molar-refractivity contribution is 7.98. The first-order valence-corrected chi connectivity index (χ1v) is 4.91. The number of hydrogen-bond donors (Lipinski definition) is 1. The molecule has 0 aliphatic heterocycles. The monoisotopic (exact) mass is 207 g/mol. The van der Waals surface area contributed by atoms with E-state index in [1.165, 1.54) is 0 Å². The van der Waals surface area contributed by atoms with Gasteiger partial charge in [-0.15, -0.1) is 11.8 Å². The zero-order chi connectivity index (χ0) is 8.43. The molecule has 0 saturated carbocycles. The van der Waals surface area contributed by atoms with E-state index >= 15 is 0 Å². The van der Waals surface area contributed by atoms with E-state index in [9.17, 15) is 0 Å². The van der Waals surface area contributed by atoms with Gasteiger partial charge in [0.2, 0.25) is 0 Å². The van der Waals surface area contributed by atoms with E-state index in [0.29, 0.717) is 15.7 Å². The van der Waals surface area contributed by atoms with Gasteiger partial charge in [-0.3, -0.25) is 0 Å². The molecule has 60 valence electrons. The van der Waals surface area contributed by atoms with Gasteiger partial charge in [0.15, 0.2) is 0 Å². The Morgan fingerprint density at radius 1 is 1.27 bits per heavy atom. The Labute approximate surface area is 79.9 Å². The minimum Gasteiger partial charge on any atom is -0.396 e. The molecular weight excluding hydrogens is 201 g/mol. The number of anilines is 1. The molecule has 2 N–H and O–H groups in total. The quantitative estimate of drug-likeness (QED) is 0.566. The fourth-order valence-corrected chi connectivity index (χ4v) is 1.77. The summed E-state index contributed by atoms with van der Waals surface area (Å²) < 4.78 is 0. The number of rotatable bonds is 1. The Balaban J connectivity index is 3.21. The van der Waals surface area contributed by atoms with E-state index in [0.717, 1.165) is 4.90 Å². The van der Waals surface area contributed by atoms with Crippen molar-refractivity contribution < 1.29 is 0 Å². The number of nitrogen functional groups attached to an aromatic ring is 1. The third-order valence-corrected chi connectivity index (χ3v) is 2.62. The topological polar surface area (TPSA) is 26.0 Å². The van der Waals surface area contributed by atoms with Gasteiger partial charge in [0.05, 0.1) is 15.7 Å². The molecule has 11 heavy (non-hydrogen) atoms. The van der Waals surface area contributed by atoms with Crippen LogP contribution in [0.5, 0.6) is 0 Å². The van der Waals surface area contributed by atoms with Crippen molar-refractivity contribution in [2.45, 2.75) is 4.90 Å². The molecule has 0 unspecified atom stereocenters. The Morgan fingerprint density at radius 3 is 2.09 bits per heavy atom. The molecule has 0 atom stereocenters. The average molecular weight is 208 g/mol. The molecule has 0 aromatic heterocycles. The standard InChI is InChI=1S/C7H7Cl2NS/c1-11-4-2-5(8)7(10)6(9)3-4/h2-3H,10H2,1H3. The van der Waals surface area contributed by atoms with Gasteiger partial charge in [0.25, 0.3) is 0 Å². The van der Waals surface area contributed by atoms with Crippen LogP contribution in [0, 0.1) is 0 Å². The molecule has 1 aromatic carbocycles. The highest BCUT2D eigenvalue weighted by atomic mass is 35.5. The van der Waals surface area contributed by atoms with Crippen LogP contribution in [-0.4, -0.2) is 6.26 Å². The largest absolute Gasteiger partial charge is 0.396 e. The lowest BCUT2D eigenvalue weighted by molar-refractivity contribution is 1.47. The predicted molar refractivity (Wildman–Crippen MR) is 52.7 cm³/mol. The number of thioether (sulfide) groups is 1. The zero-order valence-corrected chi connectivity index (χ0v) is 8.22. The summed E-state index contributed by atoms with van der Waals surface area (Å²) in [5.41, 5.74) is 5.98. The zero-order valence-electron chi connectivity index (χ0n) is 5.90. The van der Waals surface area contributed by atoms with Crippen molar-refractivity contribution in [1.29, 1.82) is 0 Å². The predicted octanol–water partition coefficient (Wildman–Crippen LogP) is 3.30. The summed E-state index contributed by atoms with van der Waals surface area (Å²) >= 11 is 13.1. The van der Waals surface area contributed by atoms with Crippen molar-refractivity contribution in [3.63, 3.8) is 0 Å². The van der Waals surface area contributed by atoms with Gasteiger partial charge < -0.3 is 5.73 Å². The lowest BCUT2D eigenvalue weighted by Crippen LogP contribution is -1.87. The van der Waals surface area contributed by atoms with Gasteiger partial charge in [-0.1, -0.05) is 23.2 Å². The molecular formula is C7H7Cl2NS. The Kier molecular flexibility index (Phi) is 2.93. The highest BCUT2D eigenvalue weighted by Gasteiger charge is 2.02. The van der Waals surface area contributed by atoms with E-state index < -0.39 is 0 Å². The SMILES string of the molecule is CSc1cc(Cl)c(N)c(Cl)c1. The average Bonchev–Trinajstić information content (AvgIpc) is 1.99. The van der Waals surface area contributed by atoms with Gasteiger partial charge in [-0.2, -0.15) is 0 Å². The summed E-state index contributed by atoms with van der Waals surface area (Å²) in [7, 11) is 0. The third kappa shape index (κ3) is 1.95. The van der Waals surface area contributed by atoms with Crippen LogP contribution in [0.2, 0.25) is 10.0 Å². The third-order valence-electron chi connectivity index (χ3n) is 1.29. The van der Waals surface area contributed by atoms with E-state index in [2.05, 4.69) is 0 Å². The molecule has 0 aliphatic carbocycles. The molecule has 0 saturated heterocycles. The van der Waals surface area contributed by atoms with Crippen LogP contribution < -0.4 is 5.73 Å². The van der Waals surface area contributed by atoms with Gasteiger partial charge in [-0.25, -0.2) is 0 Å². The summed E-state index contributed by atoms with van der Waals surface area (Å²) in [6, 6.07) is 3.60. The molecule has 0 aliphatic rings. The van der Waals surface area contributed by atoms with Crippen molar-refractivity contribution in [2.24, 2.45) is 0 Å². The van der Waals surface area contributed by atoms with Crippen molar-refractivity contribution >= 4 is 40.7 Å². The van der Waals surface area contributed by atoms with Crippen LogP contribution in [0.25, 0.3) is 0 Å². The molecule has 1 aromatic rings. The molecule has 0 fully saturated rings. The van der Waals surface area contributed by atoms with Gasteiger partial charge >= 0.3 is 0 Å². The maximum Gasteiger partial charge on any atom is 0.0693 e. The minimum absolute atomic E-state index is 0.450. The molecule has 0 heterocycles. The summed E-state index contributed by atoms with van der Waals surface area (Å²) in [6.45, 7) is 0. The van der Waals surface area contributed by atoms with Crippen LogP contribution in [0.4, 0.5) is 5.69 Å². The molecule has 0 amide bonds. The van der Waals surface area contributed by atoms with Crippen LogP contribution in [0.3, 0.4) is 0 Å². The van der Waals surface area contributed by atoms with Crippen molar-refractivity contribution in [1.82, 2.24) is 0 Å². The summed E-state index contributed by atoms with van der Waals surface area (Å²) in [5, 5.41) is 1.03. The van der Waals surface area contributed by atoms with E-state index in [4.69, 9.17) is 28.9 Å². The summed E-state index contributed by atoms with van der Waals surface area (Å²) in [6.07, 6.45) is 1.96. The number of halogens is 2. The fourth-order valence-electron chi connectivity index (χ4n) is 0.679. The second-order valence-corrected chi connectivity index (χ2v) is 3.70. The van der Waals surface area contributed by atoms with E-state index in [1.54, 1.807) is 23.9 Å². The fraction of sp³-hybridized carbons (Fsp3) is 0.143. The Bertz CT molecular complexity index is 252. The second kappa shape index (κ2) is 3.57. The summed E-state index contributed by atoms with van der Waals surface area (Å²) in [5.74, 6) is 0. The van der Waals surface area contributed by atoms with Crippen LogP contribution in [-0.2, 0) is 0 Å². The van der Waals surface area contributed by atoms with Gasteiger partial charge in [0.1, 0.15) is 0 Å². The van der Waals surface area contributed by atoms with E-state index in [1.807, 2.05) is 6.26 Å². The first-order chi connectivity index (χ1) is 5.15. The second-order valence-electron chi connectivity index (χ2n) is 2.00. The maximum absolute atomic E-state index is 5.78. The minimum atomic E-state index is 0.450. The molecule has 4 heteroatoms. The number of benzene rings is 1. The van der Waals surface area contributed by atoms with Crippen molar-refractivity contribution in [2.75, 3.05) is 12.0 Å². The van der Waals surface area contributed by atoms with Crippen LogP contribution >= 0.6 is 35.0 Å². The first kappa shape index (κ1) is 9.04. The summed E-state index contributed by atoms with van der Waals surface area (Å²) in [4.78, 5) is 1.02. The van der Waals surface area contributed by atoms with Crippen molar-refractivity contribution in [3.05, 3.63) is 22.2 Å². The first-order valence-electron chi connectivity index (χ1n) is 2.93. The maximum atomic E-state index is 5.78. The van der Waals surface area contributed by atoms with Crippen LogP contribution in [0.1, 0.15) is 0 Å². The van der Waals surface area contributed by atoms with Gasteiger partial charge in [0, 0.05) is 4.90 Å². The lowest BCUT2D eigenvalue weighted by Gasteiger charge is -2.02. The molecule has 1 rings (SSSR count). The number of hydrogen-bond acceptors (Lipinski definition) is 2. The smallest absolute Gasteiger partial charge is 0.0693 e. The highest BCUT2D eigenvalue weighted by Crippen LogP contribution is 2.31. The van der Waals surface area contributed by atoms with E-state index in [-0.39, 0.29) is 0 Å². The Morgan fingerprint density at radius 2 is 1.73 bits per heavy atom. The molecule has 1 nitrogen and oxygen atoms in total. The van der Waals surface area contributed by atoms with Gasteiger partial charge in [-0.05, 0) is 18.4 Å². The van der Waals surface area contributed by atoms with Crippen LogP contribution in [0.15, 0.2) is 17.0 Å². The number of nitrogens with two attached hydrogens (primary N) is 1. The lowest BCUT2D eigenvalue weighted by atomic mass is 10.3. The molecule has 0 spiro atoms. The van der Waals surface area contributed by atoms with Crippen molar-refractivity contribution in [3.8, 4) is 0 Å². The Hall–Kier alpha value is -0.0500. The normalized spacial score (nSPS) is 10.1. The molecule has 0 bridgehead atoms.